The SMILES string of the molecule is CC1C=C(C(/N=C/c2ccccc2)[C@@H](N)c2ccc(Nc3cc4c(cc3-c3ccccc3)c3ccccc3n4-c3ccccc3)c3ccccc23)C=CC1. The number of nitrogens with one attached hydrogen (secondary N) is 1. The summed E-state index contributed by atoms with van der Waals surface area (Å²) < 4.78 is 2.37. The van der Waals surface area contributed by atoms with Gasteiger partial charge in [0.1, 0.15) is 0 Å². The molecular formula is C50H42N4. The first-order valence-electron chi connectivity index (χ1n) is 18.8. The molecule has 9 rings (SSSR count). The molecule has 2 unspecified atom stereocenters. The van der Waals surface area contributed by atoms with Gasteiger partial charge in [-0.1, -0.05) is 153 Å². The van der Waals surface area contributed by atoms with Gasteiger partial charge in [0.2, 0.25) is 0 Å². The third kappa shape index (κ3) is 6.31. The fourth-order valence-corrected chi connectivity index (χ4v) is 8.03. The molecule has 1 aliphatic carbocycles. The van der Waals surface area contributed by atoms with Crippen LogP contribution in [-0.4, -0.2) is 16.8 Å². The highest BCUT2D eigenvalue weighted by atomic mass is 15.0. The van der Waals surface area contributed by atoms with Gasteiger partial charge in [0.15, 0.2) is 0 Å². The summed E-state index contributed by atoms with van der Waals surface area (Å²) in [5, 5.41) is 8.60. The fourth-order valence-electron chi connectivity index (χ4n) is 8.03. The molecular weight excluding hydrogens is 657 g/mol. The maximum Gasteiger partial charge on any atom is 0.0938 e. The Morgan fingerprint density at radius 1 is 0.667 bits per heavy atom. The minimum Gasteiger partial charge on any atom is -0.354 e. The van der Waals surface area contributed by atoms with Gasteiger partial charge in [-0.3, -0.25) is 4.99 Å². The highest BCUT2D eigenvalue weighted by molar-refractivity contribution is 6.13. The maximum absolute atomic E-state index is 7.31. The second-order valence-corrected chi connectivity index (χ2v) is 14.3. The van der Waals surface area contributed by atoms with Gasteiger partial charge >= 0.3 is 0 Å². The van der Waals surface area contributed by atoms with Crippen molar-refractivity contribution in [1.29, 1.82) is 0 Å². The van der Waals surface area contributed by atoms with Gasteiger partial charge < -0.3 is 15.6 Å². The first-order chi connectivity index (χ1) is 26.6. The molecule has 7 aromatic carbocycles. The van der Waals surface area contributed by atoms with E-state index in [2.05, 4.69) is 181 Å². The number of hydrogen-bond donors (Lipinski definition) is 2. The average molecular weight is 699 g/mol. The quantitative estimate of drug-likeness (QED) is 0.147. The van der Waals surface area contributed by atoms with Gasteiger partial charge in [-0.2, -0.15) is 0 Å². The molecule has 8 aromatic rings. The normalized spacial score (nSPS) is 15.5. The Bertz CT molecular complexity index is 2690. The molecule has 262 valence electrons. The van der Waals surface area contributed by atoms with Gasteiger partial charge in [-0.25, -0.2) is 0 Å². The topological polar surface area (TPSA) is 55.3 Å². The van der Waals surface area contributed by atoms with Crippen LogP contribution in [0.5, 0.6) is 0 Å². The van der Waals surface area contributed by atoms with E-state index < -0.39 is 0 Å². The van der Waals surface area contributed by atoms with Crippen LogP contribution in [-0.2, 0) is 0 Å². The molecule has 3 N–H and O–H groups in total. The van der Waals surface area contributed by atoms with E-state index in [0.29, 0.717) is 5.92 Å². The molecule has 1 aromatic heterocycles. The lowest BCUT2D eigenvalue weighted by Gasteiger charge is -2.26. The second kappa shape index (κ2) is 14.5. The Labute approximate surface area is 316 Å². The number of nitrogens with zero attached hydrogens (tertiary/aromatic N) is 2. The van der Waals surface area contributed by atoms with Gasteiger partial charge in [0, 0.05) is 45.0 Å². The smallest absolute Gasteiger partial charge is 0.0938 e. The van der Waals surface area contributed by atoms with Crippen molar-refractivity contribution >= 4 is 50.2 Å². The zero-order chi connectivity index (χ0) is 36.4. The Morgan fingerprint density at radius 2 is 1.33 bits per heavy atom. The minimum atomic E-state index is -0.358. The van der Waals surface area contributed by atoms with Crippen molar-refractivity contribution in [3.05, 3.63) is 199 Å². The van der Waals surface area contributed by atoms with Crippen LogP contribution < -0.4 is 11.1 Å². The number of hydrogen-bond acceptors (Lipinski definition) is 3. The van der Waals surface area contributed by atoms with Crippen molar-refractivity contribution in [3.63, 3.8) is 0 Å². The summed E-state index contributed by atoms with van der Waals surface area (Å²) >= 11 is 0. The number of fused-ring (bicyclic) bond motifs is 4. The monoisotopic (exact) mass is 698 g/mol. The third-order valence-electron chi connectivity index (χ3n) is 10.7. The van der Waals surface area contributed by atoms with Crippen LogP contribution in [0.2, 0.25) is 0 Å². The molecule has 4 heteroatoms. The molecule has 0 amide bonds. The number of allylic oxidation sites excluding steroid dienone is 2. The first-order valence-corrected chi connectivity index (χ1v) is 18.8. The van der Waals surface area contributed by atoms with Crippen LogP contribution in [0.4, 0.5) is 11.4 Å². The largest absolute Gasteiger partial charge is 0.354 e. The summed E-state index contributed by atoms with van der Waals surface area (Å²) in [4.78, 5) is 5.16. The fraction of sp³-hybridized carbons (Fsp3) is 0.100. The first kappa shape index (κ1) is 33.4. The Morgan fingerprint density at radius 3 is 2.09 bits per heavy atom. The van der Waals surface area contributed by atoms with Crippen LogP contribution in [0, 0.1) is 5.92 Å². The van der Waals surface area contributed by atoms with Crippen molar-refractivity contribution < 1.29 is 0 Å². The summed E-state index contributed by atoms with van der Waals surface area (Å²) in [7, 11) is 0. The van der Waals surface area contributed by atoms with Crippen LogP contribution in [0.3, 0.4) is 0 Å². The molecule has 4 nitrogen and oxygen atoms in total. The highest BCUT2D eigenvalue weighted by Crippen LogP contribution is 2.42. The summed E-state index contributed by atoms with van der Waals surface area (Å²) in [5.41, 5.74) is 18.4. The van der Waals surface area contributed by atoms with E-state index >= 15 is 0 Å². The van der Waals surface area contributed by atoms with Gasteiger partial charge in [0.25, 0.3) is 0 Å². The van der Waals surface area contributed by atoms with E-state index in [9.17, 15) is 0 Å². The van der Waals surface area contributed by atoms with Crippen molar-refractivity contribution in [3.8, 4) is 16.8 Å². The minimum absolute atomic E-state index is 0.238. The van der Waals surface area contributed by atoms with Crippen molar-refractivity contribution in [2.45, 2.75) is 25.4 Å². The van der Waals surface area contributed by atoms with Crippen LogP contribution in [0.1, 0.15) is 30.5 Å². The molecule has 0 radical (unpaired) electrons. The standard InChI is InChI=1S/C50H42N4/c1-34-16-15-21-37(30-34)50(52-33-35-17-5-2-6-18-35)49(51)42-28-29-45(40-25-12-11-24-39(40)42)53-46-32-48-44(31-43(46)36-19-7-3-8-20-36)41-26-13-14-27-47(41)54(48)38-22-9-4-10-23-38/h2-15,17-34,49-50,53H,16,51H2,1H3/b52-33+/t34?,49-,50?/m0/s1. The zero-order valence-corrected chi connectivity index (χ0v) is 30.3. The van der Waals surface area contributed by atoms with E-state index in [1.165, 1.54) is 16.3 Å². The molecule has 1 aliphatic rings. The van der Waals surface area contributed by atoms with E-state index in [1.807, 2.05) is 24.4 Å². The molecule has 0 spiro atoms. The van der Waals surface area contributed by atoms with Crippen molar-refractivity contribution in [1.82, 2.24) is 4.57 Å². The van der Waals surface area contributed by atoms with Gasteiger partial charge in [-0.15, -0.1) is 0 Å². The van der Waals surface area contributed by atoms with Crippen LogP contribution >= 0.6 is 0 Å². The Hall–Kier alpha value is -6.49. The predicted molar refractivity (Wildman–Crippen MR) is 229 cm³/mol. The Balaban J connectivity index is 1.18. The van der Waals surface area contributed by atoms with E-state index in [-0.39, 0.29) is 12.1 Å². The molecule has 54 heavy (non-hydrogen) atoms. The van der Waals surface area contributed by atoms with Crippen molar-refractivity contribution in [2.24, 2.45) is 16.6 Å². The summed E-state index contributed by atoms with van der Waals surface area (Å²) in [6.45, 7) is 2.25. The molecule has 0 fully saturated rings. The predicted octanol–water partition coefficient (Wildman–Crippen LogP) is 12.4. The number of benzene rings is 7. The molecule has 3 atom stereocenters. The van der Waals surface area contributed by atoms with E-state index in [0.717, 1.165) is 67.6 Å². The lowest BCUT2D eigenvalue weighted by atomic mass is 9.86. The molecule has 0 aliphatic heterocycles. The van der Waals surface area contributed by atoms with E-state index in [1.54, 1.807) is 0 Å². The number of anilines is 2. The Kier molecular flexibility index (Phi) is 8.96. The maximum atomic E-state index is 7.31. The van der Waals surface area contributed by atoms with Crippen LogP contribution in [0.15, 0.2) is 193 Å². The molecule has 1 heterocycles. The van der Waals surface area contributed by atoms with Crippen LogP contribution in [0.25, 0.3) is 49.4 Å². The lowest BCUT2D eigenvalue weighted by Crippen LogP contribution is -2.27. The second-order valence-electron chi connectivity index (χ2n) is 14.3. The lowest BCUT2D eigenvalue weighted by molar-refractivity contribution is 0.610. The van der Waals surface area contributed by atoms with Crippen molar-refractivity contribution in [2.75, 3.05) is 5.32 Å². The number of para-hydroxylation sites is 2. The number of nitrogens with two attached hydrogens (primary N) is 1. The number of aromatic nitrogens is 1. The molecule has 0 saturated carbocycles. The number of aliphatic imine (C=N–C) groups is 1. The number of rotatable bonds is 9. The summed E-state index contributed by atoms with van der Waals surface area (Å²) in [5.74, 6) is 0.437. The molecule has 0 saturated heterocycles. The average Bonchev–Trinajstić information content (AvgIpc) is 3.55. The van der Waals surface area contributed by atoms with Gasteiger partial charge in [-0.05, 0) is 76.4 Å². The zero-order valence-electron chi connectivity index (χ0n) is 30.3. The van der Waals surface area contributed by atoms with Gasteiger partial charge in [0.05, 0.1) is 23.1 Å². The third-order valence-corrected chi connectivity index (χ3v) is 10.7. The highest BCUT2D eigenvalue weighted by Gasteiger charge is 2.25. The summed E-state index contributed by atoms with van der Waals surface area (Å²) in [6.07, 6.45) is 9.79. The molecule has 0 bridgehead atoms. The van der Waals surface area contributed by atoms with E-state index in [4.69, 9.17) is 10.7 Å². The summed E-state index contributed by atoms with van der Waals surface area (Å²) in [6, 6.07) is 57.3.